The highest BCUT2D eigenvalue weighted by atomic mass is 16.3. The van der Waals surface area contributed by atoms with Gasteiger partial charge in [0.1, 0.15) is 11.5 Å². The predicted octanol–water partition coefficient (Wildman–Crippen LogP) is 1.41. The Morgan fingerprint density at radius 1 is 1.25 bits per heavy atom. The van der Waals surface area contributed by atoms with Crippen molar-refractivity contribution >= 4 is 17.9 Å². The van der Waals surface area contributed by atoms with Crippen molar-refractivity contribution in [3.8, 4) is 0 Å². The quantitative estimate of drug-likeness (QED) is 0.829. The van der Waals surface area contributed by atoms with E-state index in [1.165, 1.54) is 0 Å². The van der Waals surface area contributed by atoms with Crippen LogP contribution in [-0.4, -0.2) is 59.9 Å². The molecule has 0 spiro atoms. The van der Waals surface area contributed by atoms with Gasteiger partial charge in [0.15, 0.2) is 0 Å². The highest BCUT2D eigenvalue weighted by molar-refractivity contribution is 5.91. The number of furan rings is 1. The monoisotopic (exact) mass is 331 g/mol. The Labute approximate surface area is 142 Å². The Bertz CT molecular complexity index is 625. The van der Waals surface area contributed by atoms with Crippen molar-refractivity contribution in [2.24, 2.45) is 0 Å². The van der Waals surface area contributed by atoms with E-state index in [1.807, 2.05) is 30.9 Å². The van der Waals surface area contributed by atoms with Crippen LogP contribution in [0.25, 0.3) is 6.08 Å². The fourth-order valence-electron chi connectivity index (χ4n) is 2.85. The van der Waals surface area contributed by atoms with Gasteiger partial charge in [0, 0.05) is 38.3 Å². The largest absolute Gasteiger partial charge is 0.462 e. The minimum absolute atomic E-state index is 0.0150. The van der Waals surface area contributed by atoms with Crippen LogP contribution >= 0.6 is 0 Å². The molecule has 1 N–H and O–H groups in total. The van der Waals surface area contributed by atoms with Gasteiger partial charge in [-0.25, -0.2) is 0 Å². The number of aryl methyl sites for hydroxylation is 1. The molecule has 1 unspecified atom stereocenters. The molecule has 1 saturated carbocycles. The van der Waals surface area contributed by atoms with Crippen LogP contribution in [0, 0.1) is 6.92 Å². The molecule has 1 aliphatic carbocycles. The summed E-state index contributed by atoms with van der Waals surface area (Å²) in [6.07, 6.45) is 5.45. The molecular formula is C18H25N3O3. The normalized spacial score (nSPS) is 20.3. The first kappa shape index (κ1) is 16.8. The third kappa shape index (κ3) is 4.26. The van der Waals surface area contributed by atoms with Crippen molar-refractivity contribution in [2.45, 2.75) is 38.8 Å². The fourth-order valence-corrected chi connectivity index (χ4v) is 2.85. The Morgan fingerprint density at radius 2 is 1.96 bits per heavy atom. The van der Waals surface area contributed by atoms with E-state index in [9.17, 15) is 9.59 Å². The van der Waals surface area contributed by atoms with Gasteiger partial charge in [-0.05, 0) is 44.9 Å². The van der Waals surface area contributed by atoms with Crippen molar-refractivity contribution in [1.82, 2.24) is 15.1 Å². The zero-order chi connectivity index (χ0) is 17.1. The average Bonchev–Trinajstić information content (AvgIpc) is 3.31. The lowest BCUT2D eigenvalue weighted by molar-refractivity contribution is -0.130. The number of nitrogens with zero attached hydrogens (tertiary/aromatic N) is 2. The van der Waals surface area contributed by atoms with Crippen molar-refractivity contribution in [3.63, 3.8) is 0 Å². The third-order valence-electron chi connectivity index (χ3n) is 4.63. The Kier molecular flexibility index (Phi) is 5.04. The fraction of sp³-hybridized carbons (Fsp3) is 0.556. The third-order valence-corrected chi connectivity index (χ3v) is 4.63. The smallest absolute Gasteiger partial charge is 0.246 e. The summed E-state index contributed by atoms with van der Waals surface area (Å²) in [6, 6.07) is 3.97. The summed E-state index contributed by atoms with van der Waals surface area (Å²) in [5, 5.41) is 3.04. The van der Waals surface area contributed by atoms with Crippen LogP contribution in [0.5, 0.6) is 0 Å². The number of hydrogen-bond donors (Lipinski definition) is 1. The summed E-state index contributed by atoms with van der Waals surface area (Å²) in [4.78, 5) is 28.3. The number of carbonyl (C=O) groups excluding carboxylic acids is 2. The summed E-state index contributed by atoms with van der Waals surface area (Å²) >= 11 is 0. The number of carbonyl (C=O) groups is 2. The number of rotatable bonds is 5. The summed E-state index contributed by atoms with van der Waals surface area (Å²) in [5.74, 6) is 1.60. The molecule has 1 aliphatic heterocycles. The molecule has 0 aromatic carbocycles. The van der Waals surface area contributed by atoms with E-state index in [1.54, 1.807) is 12.2 Å². The molecule has 2 aliphatic rings. The first-order valence-electron chi connectivity index (χ1n) is 8.61. The molecule has 2 fully saturated rings. The van der Waals surface area contributed by atoms with E-state index < -0.39 is 0 Å². The van der Waals surface area contributed by atoms with Crippen LogP contribution in [0.3, 0.4) is 0 Å². The maximum Gasteiger partial charge on any atom is 0.246 e. The van der Waals surface area contributed by atoms with E-state index in [0.717, 1.165) is 31.7 Å². The molecule has 6 heteroatoms. The van der Waals surface area contributed by atoms with E-state index in [4.69, 9.17) is 4.42 Å². The molecule has 1 aromatic heterocycles. The van der Waals surface area contributed by atoms with Gasteiger partial charge >= 0.3 is 0 Å². The van der Waals surface area contributed by atoms with Crippen LogP contribution in [0.4, 0.5) is 0 Å². The van der Waals surface area contributed by atoms with Crippen LogP contribution in [-0.2, 0) is 9.59 Å². The predicted molar refractivity (Wildman–Crippen MR) is 91.3 cm³/mol. The van der Waals surface area contributed by atoms with Crippen LogP contribution in [0.1, 0.15) is 31.3 Å². The highest BCUT2D eigenvalue weighted by Crippen LogP contribution is 2.19. The van der Waals surface area contributed by atoms with Gasteiger partial charge in [-0.3, -0.25) is 14.5 Å². The minimum Gasteiger partial charge on any atom is -0.462 e. The van der Waals surface area contributed by atoms with E-state index in [2.05, 4.69) is 10.2 Å². The Balaban J connectivity index is 1.46. The summed E-state index contributed by atoms with van der Waals surface area (Å²) in [7, 11) is 0. The molecule has 3 rings (SSSR count). The zero-order valence-corrected chi connectivity index (χ0v) is 14.3. The first-order chi connectivity index (χ1) is 11.5. The van der Waals surface area contributed by atoms with Crippen LogP contribution < -0.4 is 5.32 Å². The van der Waals surface area contributed by atoms with Gasteiger partial charge in [-0.1, -0.05) is 0 Å². The van der Waals surface area contributed by atoms with Crippen molar-refractivity contribution < 1.29 is 14.0 Å². The summed E-state index contributed by atoms with van der Waals surface area (Å²) in [6.45, 7) is 6.54. The molecule has 1 atom stereocenters. The number of hydrogen-bond acceptors (Lipinski definition) is 4. The number of nitrogens with one attached hydrogen (secondary N) is 1. The Hall–Kier alpha value is -2.08. The van der Waals surface area contributed by atoms with E-state index in [0.29, 0.717) is 24.9 Å². The second-order valence-electron chi connectivity index (χ2n) is 6.60. The van der Waals surface area contributed by atoms with Crippen molar-refractivity contribution in [1.29, 1.82) is 0 Å². The second-order valence-corrected chi connectivity index (χ2v) is 6.60. The molecular weight excluding hydrogens is 306 g/mol. The molecule has 1 aromatic rings. The maximum atomic E-state index is 12.2. The van der Waals surface area contributed by atoms with Gasteiger partial charge in [0.2, 0.25) is 11.8 Å². The standard InChI is InChI=1S/C18H25N3O3/c1-13-3-6-16(24-13)7-8-17(22)21-11-9-20(10-12-21)14(2)18(23)19-15-4-5-15/h3,6-8,14-15H,4-5,9-12H2,1-2H3,(H,19,23)/b8-7+. The molecule has 6 nitrogen and oxygen atoms in total. The van der Waals surface area contributed by atoms with Gasteiger partial charge in [-0.2, -0.15) is 0 Å². The molecule has 0 radical (unpaired) electrons. The van der Waals surface area contributed by atoms with Gasteiger partial charge in [0.25, 0.3) is 0 Å². The van der Waals surface area contributed by atoms with Gasteiger partial charge < -0.3 is 14.6 Å². The minimum atomic E-state index is -0.135. The summed E-state index contributed by atoms with van der Waals surface area (Å²) in [5.41, 5.74) is 0. The molecule has 2 heterocycles. The Morgan fingerprint density at radius 3 is 2.54 bits per heavy atom. The second kappa shape index (κ2) is 7.21. The summed E-state index contributed by atoms with van der Waals surface area (Å²) < 4.78 is 5.42. The van der Waals surface area contributed by atoms with Crippen LogP contribution in [0.15, 0.2) is 22.6 Å². The SMILES string of the molecule is Cc1ccc(/C=C/C(=O)N2CCN(C(C)C(=O)NC3CC3)CC2)o1. The number of amides is 2. The average molecular weight is 331 g/mol. The molecule has 130 valence electrons. The first-order valence-corrected chi connectivity index (χ1v) is 8.61. The van der Waals surface area contributed by atoms with Crippen molar-refractivity contribution in [2.75, 3.05) is 26.2 Å². The molecule has 0 bridgehead atoms. The van der Waals surface area contributed by atoms with Crippen molar-refractivity contribution in [3.05, 3.63) is 29.7 Å². The van der Waals surface area contributed by atoms with Crippen LogP contribution in [0.2, 0.25) is 0 Å². The van der Waals surface area contributed by atoms with E-state index in [-0.39, 0.29) is 17.9 Å². The maximum absolute atomic E-state index is 12.2. The number of piperazine rings is 1. The lowest BCUT2D eigenvalue weighted by atomic mass is 10.2. The lowest BCUT2D eigenvalue weighted by Crippen LogP contribution is -2.55. The molecule has 24 heavy (non-hydrogen) atoms. The topological polar surface area (TPSA) is 65.8 Å². The highest BCUT2D eigenvalue weighted by Gasteiger charge is 2.30. The van der Waals surface area contributed by atoms with E-state index >= 15 is 0 Å². The van der Waals surface area contributed by atoms with Gasteiger partial charge in [0.05, 0.1) is 6.04 Å². The lowest BCUT2D eigenvalue weighted by Gasteiger charge is -2.37. The van der Waals surface area contributed by atoms with Gasteiger partial charge in [-0.15, -0.1) is 0 Å². The molecule has 2 amide bonds. The zero-order valence-electron chi connectivity index (χ0n) is 14.3. The molecule has 1 saturated heterocycles.